The number of thiophene rings is 1. The molecule has 2 aromatic heterocycles. The Labute approximate surface area is 93.3 Å². The summed E-state index contributed by atoms with van der Waals surface area (Å²) in [4.78, 5) is 25.4. The van der Waals surface area contributed by atoms with E-state index in [-0.39, 0.29) is 10.6 Å². The number of aryl methyl sites for hydroxylation is 1. The Kier molecular flexibility index (Phi) is 2.31. The van der Waals surface area contributed by atoms with E-state index in [9.17, 15) is 14.9 Å². The fourth-order valence-electron chi connectivity index (χ4n) is 1.39. The van der Waals surface area contributed by atoms with Crippen LogP contribution >= 0.6 is 11.3 Å². The number of carboxylic acid groups (broad SMARTS) is 1. The van der Waals surface area contributed by atoms with Crippen LogP contribution in [0.5, 0.6) is 0 Å². The topological polar surface area (TPSA) is 93.3 Å². The van der Waals surface area contributed by atoms with Crippen molar-refractivity contribution in [2.75, 3.05) is 0 Å². The lowest BCUT2D eigenvalue weighted by Gasteiger charge is -1.92. The van der Waals surface area contributed by atoms with Crippen molar-refractivity contribution in [1.82, 2.24) is 4.98 Å². The highest BCUT2D eigenvalue weighted by atomic mass is 32.1. The number of hydrogen-bond acceptors (Lipinski definition) is 5. The van der Waals surface area contributed by atoms with Crippen molar-refractivity contribution in [2.45, 2.75) is 6.92 Å². The van der Waals surface area contributed by atoms with E-state index in [4.69, 9.17) is 5.11 Å². The van der Waals surface area contributed by atoms with E-state index in [0.29, 0.717) is 15.8 Å². The van der Waals surface area contributed by atoms with Crippen molar-refractivity contribution in [1.29, 1.82) is 0 Å². The molecule has 6 nitrogen and oxygen atoms in total. The molecule has 0 aromatic carbocycles. The van der Waals surface area contributed by atoms with Gasteiger partial charge in [0.2, 0.25) is 0 Å². The molecule has 7 heteroatoms. The van der Waals surface area contributed by atoms with Gasteiger partial charge in [-0.05, 0) is 12.5 Å². The number of pyridine rings is 1. The normalized spacial score (nSPS) is 10.6. The van der Waals surface area contributed by atoms with Crippen LogP contribution in [0.1, 0.15) is 15.2 Å². The predicted molar refractivity (Wildman–Crippen MR) is 58.0 cm³/mol. The van der Waals surface area contributed by atoms with Crippen LogP contribution in [0.25, 0.3) is 10.2 Å². The molecule has 0 radical (unpaired) electrons. The van der Waals surface area contributed by atoms with Crippen molar-refractivity contribution in [3.63, 3.8) is 0 Å². The summed E-state index contributed by atoms with van der Waals surface area (Å²) in [6.07, 6.45) is 1.13. The highest BCUT2D eigenvalue weighted by molar-refractivity contribution is 7.20. The average Bonchev–Trinajstić information content (AvgIpc) is 2.56. The number of fused-ring (bicyclic) bond motifs is 1. The molecule has 0 atom stereocenters. The Morgan fingerprint density at radius 3 is 2.88 bits per heavy atom. The molecule has 0 aliphatic heterocycles. The summed E-state index contributed by atoms with van der Waals surface area (Å²) in [6.45, 7) is 1.62. The molecule has 16 heavy (non-hydrogen) atoms. The van der Waals surface area contributed by atoms with Crippen LogP contribution in [0.2, 0.25) is 0 Å². The Balaban J connectivity index is 2.73. The van der Waals surface area contributed by atoms with Gasteiger partial charge in [-0.25, -0.2) is 9.78 Å². The zero-order valence-corrected chi connectivity index (χ0v) is 8.95. The largest absolute Gasteiger partial charge is 0.477 e. The molecule has 2 aromatic rings. The van der Waals surface area contributed by atoms with Crippen LogP contribution < -0.4 is 0 Å². The first-order valence-electron chi connectivity index (χ1n) is 4.27. The Morgan fingerprint density at radius 1 is 1.62 bits per heavy atom. The van der Waals surface area contributed by atoms with Gasteiger partial charge in [0.1, 0.15) is 15.9 Å². The van der Waals surface area contributed by atoms with Gasteiger partial charge >= 0.3 is 5.97 Å². The van der Waals surface area contributed by atoms with Gasteiger partial charge < -0.3 is 5.11 Å². The highest BCUT2D eigenvalue weighted by Crippen LogP contribution is 2.31. The van der Waals surface area contributed by atoms with E-state index < -0.39 is 10.9 Å². The lowest BCUT2D eigenvalue weighted by atomic mass is 10.2. The van der Waals surface area contributed by atoms with Crippen LogP contribution in [0.3, 0.4) is 0 Å². The van der Waals surface area contributed by atoms with E-state index in [1.807, 2.05) is 0 Å². The fourth-order valence-corrected chi connectivity index (χ4v) is 2.36. The minimum atomic E-state index is -1.04. The summed E-state index contributed by atoms with van der Waals surface area (Å²) in [5.74, 6) is -1.04. The maximum Gasteiger partial charge on any atom is 0.346 e. The second kappa shape index (κ2) is 3.53. The van der Waals surface area contributed by atoms with Gasteiger partial charge in [-0.3, -0.25) is 10.1 Å². The van der Waals surface area contributed by atoms with Crippen molar-refractivity contribution in [3.05, 3.63) is 32.8 Å². The molecular weight excluding hydrogens is 232 g/mol. The number of nitrogens with zero attached hydrogens (tertiary/aromatic N) is 2. The first-order chi connectivity index (χ1) is 7.50. The molecule has 0 spiro atoms. The Bertz CT molecular complexity index is 605. The molecule has 82 valence electrons. The molecule has 0 bridgehead atoms. The summed E-state index contributed by atoms with van der Waals surface area (Å²) < 4.78 is 0. The number of aromatic carboxylic acids is 1. The van der Waals surface area contributed by atoms with E-state index >= 15 is 0 Å². The lowest BCUT2D eigenvalue weighted by molar-refractivity contribution is -0.385. The molecule has 0 aliphatic rings. The molecular formula is C9H6N2O4S. The summed E-state index contributed by atoms with van der Waals surface area (Å²) in [6, 6.07) is 1.35. The van der Waals surface area contributed by atoms with E-state index in [2.05, 4.69) is 4.98 Å². The second-order valence-corrected chi connectivity index (χ2v) is 4.16. The molecule has 0 saturated heterocycles. The zero-order chi connectivity index (χ0) is 11.9. The van der Waals surface area contributed by atoms with Gasteiger partial charge in [-0.15, -0.1) is 11.3 Å². The molecule has 2 heterocycles. The SMILES string of the molecule is Cc1c(C(=O)O)sc2ncc([N+](=O)[O-])cc12. The molecule has 0 fully saturated rings. The van der Waals surface area contributed by atoms with Gasteiger partial charge in [-0.1, -0.05) is 0 Å². The smallest absolute Gasteiger partial charge is 0.346 e. The number of carboxylic acids is 1. The Hall–Kier alpha value is -2.02. The lowest BCUT2D eigenvalue weighted by Crippen LogP contribution is -1.93. The summed E-state index contributed by atoms with van der Waals surface area (Å²) in [7, 11) is 0. The summed E-state index contributed by atoms with van der Waals surface area (Å²) >= 11 is 1.02. The van der Waals surface area contributed by atoms with E-state index in [1.54, 1.807) is 6.92 Å². The first-order valence-corrected chi connectivity index (χ1v) is 5.09. The van der Waals surface area contributed by atoms with Crippen LogP contribution in [0.15, 0.2) is 12.3 Å². The quantitative estimate of drug-likeness (QED) is 0.639. The zero-order valence-electron chi connectivity index (χ0n) is 8.13. The summed E-state index contributed by atoms with van der Waals surface area (Å²) in [5, 5.41) is 20.0. The van der Waals surface area contributed by atoms with Gasteiger partial charge in [-0.2, -0.15) is 0 Å². The van der Waals surface area contributed by atoms with Crippen LogP contribution in [-0.4, -0.2) is 21.0 Å². The number of hydrogen-bond donors (Lipinski definition) is 1. The van der Waals surface area contributed by atoms with Crippen molar-refractivity contribution >= 4 is 33.2 Å². The summed E-state index contributed by atoms with van der Waals surface area (Å²) in [5.41, 5.74) is 0.383. The average molecular weight is 238 g/mol. The third-order valence-electron chi connectivity index (χ3n) is 2.19. The number of rotatable bonds is 2. The Morgan fingerprint density at radius 2 is 2.31 bits per heavy atom. The minimum Gasteiger partial charge on any atom is -0.477 e. The van der Waals surface area contributed by atoms with Crippen LogP contribution in [0.4, 0.5) is 5.69 Å². The van der Waals surface area contributed by atoms with Gasteiger partial charge in [0, 0.05) is 11.5 Å². The third-order valence-corrected chi connectivity index (χ3v) is 3.39. The van der Waals surface area contributed by atoms with E-state index in [0.717, 1.165) is 17.5 Å². The maximum atomic E-state index is 10.9. The number of aromatic nitrogens is 1. The minimum absolute atomic E-state index is 0.134. The monoisotopic (exact) mass is 238 g/mol. The van der Waals surface area contributed by atoms with Crippen molar-refractivity contribution < 1.29 is 14.8 Å². The molecule has 0 aliphatic carbocycles. The first kappa shape index (κ1) is 10.5. The van der Waals surface area contributed by atoms with Crippen molar-refractivity contribution in [2.24, 2.45) is 0 Å². The standard InChI is InChI=1S/C9H6N2O4S/c1-4-6-2-5(11(14)15)3-10-8(6)16-7(4)9(12)13/h2-3H,1H3,(H,12,13). The number of nitro groups is 1. The van der Waals surface area contributed by atoms with Gasteiger partial charge in [0.15, 0.2) is 0 Å². The maximum absolute atomic E-state index is 10.9. The highest BCUT2D eigenvalue weighted by Gasteiger charge is 2.17. The third kappa shape index (κ3) is 1.50. The van der Waals surface area contributed by atoms with Crippen LogP contribution in [-0.2, 0) is 0 Å². The molecule has 0 unspecified atom stereocenters. The van der Waals surface area contributed by atoms with Gasteiger partial charge in [0.05, 0.1) is 4.92 Å². The van der Waals surface area contributed by atoms with Crippen LogP contribution in [0, 0.1) is 17.0 Å². The van der Waals surface area contributed by atoms with Gasteiger partial charge in [0.25, 0.3) is 5.69 Å². The van der Waals surface area contributed by atoms with E-state index in [1.165, 1.54) is 6.07 Å². The number of carbonyl (C=O) groups is 1. The predicted octanol–water partition coefficient (Wildman–Crippen LogP) is 2.21. The second-order valence-electron chi connectivity index (χ2n) is 3.16. The molecule has 0 saturated carbocycles. The molecule has 1 N–H and O–H groups in total. The molecule has 0 amide bonds. The van der Waals surface area contributed by atoms with Crippen molar-refractivity contribution in [3.8, 4) is 0 Å². The molecule has 2 rings (SSSR count). The fraction of sp³-hybridized carbons (Fsp3) is 0.111.